The fourth-order valence-electron chi connectivity index (χ4n) is 4.16. The van der Waals surface area contributed by atoms with Crippen LogP contribution in [0.2, 0.25) is 0 Å². The highest BCUT2D eigenvalue weighted by atomic mass is 32.2. The zero-order chi connectivity index (χ0) is 24.0. The first-order valence-electron chi connectivity index (χ1n) is 10.6. The number of hydrogen-bond acceptors (Lipinski definition) is 7. The third kappa shape index (κ3) is 3.47. The third-order valence-corrected chi connectivity index (χ3v) is 7.55. The standard InChI is InChI=1S/C24H21N3O6S/c1-15-13-27(18-7-3-4-8-19(18)33-15)34(30,31)21-12-16(9-10-20(21)32-2)14-26-23(28)17-6-5-11-25-22(17)24(26)29/h3-12,15H,13-14H2,1-2H3/t15-/m0/s1. The molecule has 1 aromatic heterocycles. The SMILES string of the molecule is COc1ccc(CN2C(=O)c3cccnc3C2=O)cc1S(=O)(=O)N1C[C@H](C)Oc2ccccc21. The molecule has 3 heterocycles. The van der Waals surface area contributed by atoms with Gasteiger partial charge in [-0.1, -0.05) is 18.2 Å². The minimum Gasteiger partial charge on any atom is -0.495 e. The number of amides is 2. The molecule has 2 aliphatic rings. The molecule has 0 bridgehead atoms. The molecule has 10 heteroatoms. The molecule has 0 N–H and O–H groups in total. The van der Waals surface area contributed by atoms with E-state index in [1.165, 1.54) is 29.7 Å². The Morgan fingerprint density at radius 2 is 1.88 bits per heavy atom. The topological polar surface area (TPSA) is 106 Å². The Morgan fingerprint density at radius 3 is 2.65 bits per heavy atom. The van der Waals surface area contributed by atoms with Gasteiger partial charge in [0.1, 0.15) is 28.2 Å². The van der Waals surface area contributed by atoms with Crippen molar-refractivity contribution in [2.75, 3.05) is 18.0 Å². The second kappa shape index (κ2) is 8.14. The molecule has 174 valence electrons. The number of carbonyl (C=O) groups excluding carboxylic acids is 2. The fourth-order valence-corrected chi connectivity index (χ4v) is 5.92. The number of benzene rings is 2. The van der Waals surface area contributed by atoms with Gasteiger partial charge in [-0.15, -0.1) is 0 Å². The van der Waals surface area contributed by atoms with E-state index in [9.17, 15) is 18.0 Å². The predicted octanol–water partition coefficient (Wildman–Crippen LogP) is 2.86. The van der Waals surface area contributed by atoms with Crippen LogP contribution in [0.3, 0.4) is 0 Å². The summed E-state index contributed by atoms with van der Waals surface area (Å²) in [5.74, 6) is -0.358. The van der Waals surface area contributed by atoms with Crippen molar-refractivity contribution >= 4 is 27.5 Å². The molecule has 34 heavy (non-hydrogen) atoms. The zero-order valence-corrected chi connectivity index (χ0v) is 19.3. The normalized spacial score (nSPS) is 17.3. The maximum absolute atomic E-state index is 13.8. The van der Waals surface area contributed by atoms with Gasteiger partial charge in [0.15, 0.2) is 0 Å². The van der Waals surface area contributed by atoms with Gasteiger partial charge in [-0.25, -0.2) is 8.42 Å². The molecule has 0 unspecified atom stereocenters. The van der Waals surface area contributed by atoms with Crippen molar-refractivity contribution in [3.05, 3.63) is 77.6 Å². The number of hydrogen-bond donors (Lipinski definition) is 0. The number of rotatable bonds is 5. The zero-order valence-electron chi connectivity index (χ0n) is 18.5. The highest BCUT2D eigenvalue weighted by Gasteiger charge is 2.38. The van der Waals surface area contributed by atoms with E-state index in [1.807, 2.05) is 0 Å². The molecule has 0 saturated carbocycles. The number of fused-ring (bicyclic) bond motifs is 2. The first-order valence-corrected chi connectivity index (χ1v) is 12.0. The highest BCUT2D eigenvalue weighted by molar-refractivity contribution is 7.93. The fraction of sp³-hybridized carbons (Fsp3) is 0.208. The second-order valence-corrected chi connectivity index (χ2v) is 9.84. The smallest absolute Gasteiger partial charge is 0.280 e. The number of imide groups is 1. The summed E-state index contributed by atoms with van der Waals surface area (Å²) in [6.07, 6.45) is 1.09. The van der Waals surface area contributed by atoms with E-state index in [0.717, 1.165) is 4.90 Å². The molecule has 5 rings (SSSR count). The van der Waals surface area contributed by atoms with E-state index in [-0.39, 0.29) is 41.1 Å². The number of ether oxygens (including phenoxy) is 2. The van der Waals surface area contributed by atoms with Gasteiger partial charge >= 0.3 is 0 Å². The maximum Gasteiger partial charge on any atom is 0.280 e. The summed E-state index contributed by atoms with van der Waals surface area (Å²) in [6.45, 7) is 1.82. The van der Waals surface area contributed by atoms with Crippen LogP contribution in [0.25, 0.3) is 0 Å². The molecule has 2 amide bonds. The van der Waals surface area contributed by atoms with Crippen molar-refractivity contribution in [1.82, 2.24) is 9.88 Å². The van der Waals surface area contributed by atoms with E-state index in [4.69, 9.17) is 9.47 Å². The van der Waals surface area contributed by atoms with Crippen LogP contribution in [0.4, 0.5) is 5.69 Å². The van der Waals surface area contributed by atoms with Gasteiger partial charge in [-0.3, -0.25) is 23.8 Å². The van der Waals surface area contributed by atoms with Gasteiger partial charge < -0.3 is 9.47 Å². The lowest BCUT2D eigenvalue weighted by atomic mass is 10.2. The largest absolute Gasteiger partial charge is 0.495 e. The van der Waals surface area contributed by atoms with E-state index < -0.39 is 21.8 Å². The number of aromatic nitrogens is 1. The van der Waals surface area contributed by atoms with E-state index in [2.05, 4.69) is 4.98 Å². The van der Waals surface area contributed by atoms with Crippen molar-refractivity contribution in [3.63, 3.8) is 0 Å². The average molecular weight is 480 g/mol. The van der Waals surface area contributed by atoms with Crippen molar-refractivity contribution in [3.8, 4) is 11.5 Å². The Hall–Kier alpha value is -3.92. The lowest BCUT2D eigenvalue weighted by Crippen LogP contribution is -2.42. The number of carbonyl (C=O) groups is 2. The van der Waals surface area contributed by atoms with Gasteiger partial charge in [-0.05, 0) is 48.9 Å². The van der Waals surface area contributed by atoms with Gasteiger partial charge in [-0.2, -0.15) is 0 Å². The monoisotopic (exact) mass is 479 g/mol. The molecule has 2 aromatic carbocycles. The van der Waals surface area contributed by atoms with Crippen LogP contribution in [0.15, 0.2) is 65.7 Å². The van der Waals surface area contributed by atoms with Crippen LogP contribution in [-0.4, -0.2) is 49.9 Å². The summed E-state index contributed by atoms with van der Waals surface area (Å²) in [7, 11) is -2.67. The molecule has 3 aromatic rings. The quantitative estimate of drug-likeness (QED) is 0.518. The predicted molar refractivity (Wildman–Crippen MR) is 122 cm³/mol. The van der Waals surface area contributed by atoms with E-state index in [0.29, 0.717) is 17.0 Å². The molecule has 1 atom stereocenters. The Morgan fingerprint density at radius 1 is 1.09 bits per heavy atom. The lowest BCUT2D eigenvalue weighted by Gasteiger charge is -2.34. The van der Waals surface area contributed by atoms with Gasteiger partial charge in [0.2, 0.25) is 0 Å². The Labute approximate surface area is 196 Å². The van der Waals surface area contributed by atoms with Crippen molar-refractivity contribution in [2.45, 2.75) is 24.5 Å². The number of sulfonamides is 1. The maximum atomic E-state index is 13.8. The second-order valence-electron chi connectivity index (χ2n) is 8.01. The highest BCUT2D eigenvalue weighted by Crippen LogP contribution is 2.39. The van der Waals surface area contributed by atoms with Crippen LogP contribution in [-0.2, 0) is 16.6 Å². The van der Waals surface area contributed by atoms with Crippen molar-refractivity contribution in [1.29, 1.82) is 0 Å². The Balaban J connectivity index is 1.53. The number of methoxy groups -OCH3 is 1. The number of nitrogens with zero attached hydrogens (tertiary/aromatic N) is 3. The molecule has 0 spiro atoms. The van der Waals surface area contributed by atoms with Crippen molar-refractivity contribution < 1.29 is 27.5 Å². The molecule has 0 saturated heterocycles. The summed E-state index contributed by atoms with van der Waals surface area (Å²) in [5.41, 5.74) is 1.21. The van der Waals surface area contributed by atoms with Crippen LogP contribution in [0.5, 0.6) is 11.5 Å². The van der Waals surface area contributed by atoms with Crippen molar-refractivity contribution in [2.24, 2.45) is 0 Å². The summed E-state index contributed by atoms with van der Waals surface area (Å²) in [6, 6.07) is 14.6. The molecule has 9 nitrogen and oxygen atoms in total. The molecular weight excluding hydrogens is 458 g/mol. The summed E-state index contributed by atoms with van der Waals surface area (Å²) >= 11 is 0. The van der Waals surface area contributed by atoms with Gasteiger partial charge in [0.25, 0.3) is 21.8 Å². The summed E-state index contributed by atoms with van der Waals surface area (Å²) < 4.78 is 40.1. The van der Waals surface area contributed by atoms with Crippen LogP contribution < -0.4 is 13.8 Å². The van der Waals surface area contributed by atoms with Gasteiger partial charge in [0.05, 0.1) is 31.5 Å². The minimum absolute atomic E-state index is 0.0638. The first-order chi connectivity index (χ1) is 16.3. The molecular formula is C24H21N3O6S. The number of anilines is 1. The average Bonchev–Trinajstić information content (AvgIpc) is 3.08. The lowest BCUT2D eigenvalue weighted by molar-refractivity contribution is 0.0640. The number of para-hydroxylation sites is 2. The summed E-state index contributed by atoms with van der Waals surface area (Å²) in [4.78, 5) is 30.5. The summed E-state index contributed by atoms with van der Waals surface area (Å²) in [5, 5.41) is 0. The number of pyridine rings is 1. The van der Waals surface area contributed by atoms with E-state index >= 15 is 0 Å². The minimum atomic E-state index is -4.06. The Kier molecular flexibility index (Phi) is 5.24. The van der Waals surface area contributed by atoms with E-state index in [1.54, 1.807) is 49.4 Å². The van der Waals surface area contributed by atoms with Crippen LogP contribution >= 0.6 is 0 Å². The Bertz CT molecular complexity index is 1390. The van der Waals surface area contributed by atoms with Gasteiger partial charge in [0, 0.05) is 6.20 Å². The van der Waals surface area contributed by atoms with Crippen LogP contribution in [0, 0.1) is 0 Å². The molecule has 0 aliphatic carbocycles. The van der Waals surface area contributed by atoms with Crippen LogP contribution in [0.1, 0.15) is 33.3 Å². The molecule has 0 radical (unpaired) electrons. The molecule has 2 aliphatic heterocycles. The first kappa shape index (κ1) is 21.9. The molecule has 0 fully saturated rings. The third-order valence-electron chi connectivity index (χ3n) is 5.75.